The standard InChI is InChI=1S/C10H11NO4/c1-3-4-7(10(14)15)11-8(12)5-6(2)9(11)13/h3,5,7H,1,4H2,2H3,(H,14,15). The first kappa shape index (κ1) is 11.2. The molecule has 0 aromatic heterocycles. The molecule has 0 radical (unpaired) electrons. The van der Waals surface area contributed by atoms with Gasteiger partial charge in [0.25, 0.3) is 11.8 Å². The van der Waals surface area contributed by atoms with E-state index in [1.54, 1.807) is 0 Å². The van der Waals surface area contributed by atoms with Crippen molar-refractivity contribution in [2.45, 2.75) is 19.4 Å². The molecule has 0 aromatic rings. The smallest absolute Gasteiger partial charge is 0.327 e. The third-order valence-corrected chi connectivity index (χ3v) is 2.12. The topological polar surface area (TPSA) is 74.7 Å². The van der Waals surface area contributed by atoms with Crippen molar-refractivity contribution in [3.05, 3.63) is 24.3 Å². The van der Waals surface area contributed by atoms with Crippen molar-refractivity contribution in [1.82, 2.24) is 4.90 Å². The minimum atomic E-state index is -1.21. The molecule has 2 amide bonds. The van der Waals surface area contributed by atoms with Gasteiger partial charge in [0.15, 0.2) is 0 Å². The average Bonchev–Trinajstić information content (AvgIpc) is 2.38. The van der Waals surface area contributed by atoms with Crippen LogP contribution in [0.15, 0.2) is 24.3 Å². The van der Waals surface area contributed by atoms with E-state index in [9.17, 15) is 14.4 Å². The summed E-state index contributed by atoms with van der Waals surface area (Å²) in [5.41, 5.74) is 0.260. The SMILES string of the molecule is C=CCC(C(=O)O)N1C(=O)C=C(C)C1=O. The minimum Gasteiger partial charge on any atom is -0.480 e. The fraction of sp³-hybridized carbons (Fsp3) is 0.300. The second-order valence-corrected chi connectivity index (χ2v) is 3.22. The number of hydrogen-bond acceptors (Lipinski definition) is 3. The summed E-state index contributed by atoms with van der Waals surface area (Å²) in [5, 5.41) is 8.87. The van der Waals surface area contributed by atoms with Crippen LogP contribution >= 0.6 is 0 Å². The number of rotatable bonds is 4. The van der Waals surface area contributed by atoms with Gasteiger partial charge in [-0.3, -0.25) is 14.5 Å². The van der Waals surface area contributed by atoms with E-state index in [0.29, 0.717) is 0 Å². The third-order valence-electron chi connectivity index (χ3n) is 2.12. The van der Waals surface area contributed by atoms with Crippen LogP contribution < -0.4 is 0 Å². The number of amides is 2. The Labute approximate surface area is 86.7 Å². The van der Waals surface area contributed by atoms with Gasteiger partial charge in [-0.25, -0.2) is 4.79 Å². The second-order valence-electron chi connectivity index (χ2n) is 3.22. The summed E-state index contributed by atoms with van der Waals surface area (Å²) in [6.07, 6.45) is 2.56. The van der Waals surface area contributed by atoms with Gasteiger partial charge in [0, 0.05) is 11.6 Å². The van der Waals surface area contributed by atoms with Crippen LogP contribution in [0.5, 0.6) is 0 Å². The fourth-order valence-electron chi connectivity index (χ4n) is 1.38. The van der Waals surface area contributed by atoms with Crippen molar-refractivity contribution < 1.29 is 19.5 Å². The van der Waals surface area contributed by atoms with Gasteiger partial charge in [0.05, 0.1) is 0 Å². The number of carbonyl (C=O) groups is 3. The molecule has 0 aromatic carbocycles. The number of carboxylic acid groups (broad SMARTS) is 1. The van der Waals surface area contributed by atoms with Gasteiger partial charge >= 0.3 is 5.97 Å². The van der Waals surface area contributed by atoms with Gasteiger partial charge in [-0.05, 0) is 13.3 Å². The van der Waals surface area contributed by atoms with Gasteiger partial charge in [-0.2, -0.15) is 0 Å². The summed E-state index contributed by atoms with van der Waals surface area (Å²) in [4.78, 5) is 34.4. The minimum absolute atomic E-state index is 0.0495. The molecule has 1 aliphatic heterocycles. The van der Waals surface area contributed by atoms with E-state index in [4.69, 9.17) is 5.11 Å². The number of aliphatic carboxylic acids is 1. The molecule has 0 aliphatic carbocycles. The highest BCUT2D eigenvalue weighted by Crippen LogP contribution is 2.17. The van der Waals surface area contributed by atoms with E-state index < -0.39 is 23.8 Å². The van der Waals surface area contributed by atoms with Crippen LogP contribution in [0.4, 0.5) is 0 Å². The lowest BCUT2D eigenvalue weighted by Gasteiger charge is -2.21. The molecule has 1 aliphatic rings. The second kappa shape index (κ2) is 4.08. The molecule has 0 saturated heterocycles. The normalized spacial score (nSPS) is 17.7. The van der Waals surface area contributed by atoms with Crippen molar-refractivity contribution in [2.24, 2.45) is 0 Å². The molecule has 1 rings (SSSR count). The van der Waals surface area contributed by atoms with Crippen LogP contribution in [0.1, 0.15) is 13.3 Å². The molecule has 5 heteroatoms. The van der Waals surface area contributed by atoms with Gasteiger partial charge in [-0.15, -0.1) is 6.58 Å². The van der Waals surface area contributed by atoms with Crippen LogP contribution in [0.3, 0.4) is 0 Å². The van der Waals surface area contributed by atoms with Crippen LogP contribution in [-0.2, 0) is 14.4 Å². The molecular weight excluding hydrogens is 198 g/mol. The summed E-state index contributed by atoms with van der Waals surface area (Å²) < 4.78 is 0. The number of nitrogens with zero attached hydrogens (tertiary/aromatic N) is 1. The number of hydrogen-bond donors (Lipinski definition) is 1. The quantitative estimate of drug-likeness (QED) is 0.534. The van der Waals surface area contributed by atoms with E-state index in [1.807, 2.05) is 0 Å². The lowest BCUT2D eigenvalue weighted by Crippen LogP contribution is -2.45. The van der Waals surface area contributed by atoms with Crippen molar-refractivity contribution in [1.29, 1.82) is 0 Å². The molecular formula is C10H11NO4. The Morgan fingerprint density at radius 3 is 2.60 bits per heavy atom. The Balaban J connectivity index is 2.96. The first-order valence-electron chi connectivity index (χ1n) is 4.38. The highest BCUT2D eigenvalue weighted by atomic mass is 16.4. The maximum atomic E-state index is 11.5. The number of imide groups is 1. The molecule has 0 spiro atoms. The summed E-state index contributed by atoms with van der Waals surface area (Å²) in [5.74, 6) is -2.33. The van der Waals surface area contributed by atoms with E-state index in [1.165, 1.54) is 13.0 Å². The van der Waals surface area contributed by atoms with E-state index in [-0.39, 0.29) is 12.0 Å². The zero-order chi connectivity index (χ0) is 11.6. The van der Waals surface area contributed by atoms with E-state index >= 15 is 0 Å². The predicted octanol–water partition coefficient (Wildman–Crippen LogP) is 0.331. The first-order chi connectivity index (χ1) is 6.99. The van der Waals surface area contributed by atoms with Gasteiger partial charge < -0.3 is 5.11 Å². The highest BCUT2D eigenvalue weighted by molar-refractivity contribution is 6.17. The number of carboxylic acids is 1. The molecule has 1 heterocycles. The lowest BCUT2D eigenvalue weighted by molar-refractivity contribution is -0.153. The Kier molecular flexibility index (Phi) is 3.04. The van der Waals surface area contributed by atoms with Crippen LogP contribution in [0.25, 0.3) is 0 Å². The zero-order valence-electron chi connectivity index (χ0n) is 8.27. The predicted molar refractivity (Wildman–Crippen MR) is 51.8 cm³/mol. The molecule has 0 saturated carbocycles. The first-order valence-corrected chi connectivity index (χ1v) is 4.38. The molecule has 15 heavy (non-hydrogen) atoms. The van der Waals surface area contributed by atoms with Crippen molar-refractivity contribution in [3.63, 3.8) is 0 Å². The maximum absolute atomic E-state index is 11.5. The van der Waals surface area contributed by atoms with Gasteiger partial charge in [-0.1, -0.05) is 6.08 Å². The fourth-order valence-corrected chi connectivity index (χ4v) is 1.38. The lowest BCUT2D eigenvalue weighted by atomic mass is 10.1. The molecule has 0 bridgehead atoms. The van der Waals surface area contributed by atoms with Crippen LogP contribution in [0.2, 0.25) is 0 Å². The average molecular weight is 209 g/mol. The monoisotopic (exact) mass is 209 g/mol. The number of carbonyl (C=O) groups excluding carboxylic acids is 2. The molecule has 0 fully saturated rings. The van der Waals surface area contributed by atoms with E-state index in [2.05, 4.69) is 6.58 Å². The Morgan fingerprint density at radius 2 is 2.27 bits per heavy atom. The third kappa shape index (κ3) is 1.96. The van der Waals surface area contributed by atoms with Crippen molar-refractivity contribution >= 4 is 17.8 Å². The summed E-state index contributed by atoms with van der Waals surface area (Å²) in [6.45, 7) is 4.87. The molecule has 5 nitrogen and oxygen atoms in total. The van der Waals surface area contributed by atoms with Crippen molar-refractivity contribution in [2.75, 3.05) is 0 Å². The largest absolute Gasteiger partial charge is 0.480 e. The zero-order valence-corrected chi connectivity index (χ0v) is 8.27. The van der Waals surface area contributed by atoms with E-state index in [0.717, 1.165) is 11.0 Å². The molecule has 1 N–H and O–H groups in total. The summed E-state index contributed by atoms with van der Waals surface area (Å²) >= 11 is 0. The van der Waals surface area contributed by atoms with Crippen LogP contribution in [0, 0.1) is 0 Å². The van der Waals surface area contributed by atoms with Crippen LogP contribution in [-0.4, -0.2) is 33.8 Å². The maximum Gasteiger partial charge on any atom is 0.327 e. The molecule has 80 valence electrons. The molecule has 1 atom stereocenters. The van der Waals surface area contributed by atoms with Gasteiger partial charge in [0.2, 0.25) is 0 Å². The summed E-state index contributed by atoms with van der Waals surface area (Å²) in [6, 6.07) is -1.16. The van der Waals surface area contributed by atoms with Crippen molar-refractivity contribution in [3.8, 4) is 0 Å². The highest BCUT2D eigenvalue weighted by Gasteiger charge is 2.37. The Morgan fingerprint density at radius 1 is 1.67 bits per heavy atom. The Bertz CT molecular complexity index is 370. The summed E-state index contributed by atoms with van der Waals surface area (Å²) in [7, 11) is 0. The van der Waals surface area contributed by atoms with Gasteiger partial charge in [0.1, 0.15) is 6.04 Å². The molecule has 1 unspecified atom stereocenters. The Hall–Kier alpha value is -1.91.